The number of rotatable bonds is 5. The maximum Gasteiger partial charge on any atom is 0.0521 e. The predicted octanol–water partition coefficient (Wildman–Crippen LogP) is 3.68. The number of alkyl halides is 1. The fourth-order valence-electron chi connectivity index (χ4n) is 2.20. The van der Waals surface area contributed by atoms with Gasteiger partial charge in [0.05, 0.1) is 6.20 Å². The van der Waals surface area contributed by atoms with E-state index >= 15 is 0 Å². The Hall–Kier alpha value is -1.28. The van der Waals surface area contributed by atoms with Crippen LogP contribution in [0.15, 0.2) is 36.7 Å². The van der Waals surface area contributed by atoms with E-state index in [4.69, 9.17) is 11.6 Å². The average Bonchev–Trinajstić information content (AvgIpc) is 2.76. The van der Waals surface area contributed by atoms with Gasteiger partial charge in [0.15, 0.2) is 0 Å². The lowest BCUT2D eigenvalue weighted by Gasteiger charge is -2.14. The molecule has 0 bridgehead atoms. The van der Waals surface area contributed by atoms with Gasteiger partial charge in [0.1, 0.15) is 0 Å². The molecule has 0 aliphatic heterocycles. The van der Waals surface area contributed by atoms with Gasteiger partial charge in [-0.05, 0) is 36.8 Å². The lowest BCUT2D eigenvalue weighted by atomic mass is 9.93. The highest BCUT2D eigenvalue weighted by Gasteiger charge is 2.11. The average molecular weight is 263 g/mol. The molecule has 1 aromatic heterocycles. The fourth-order valence-corrected chi connectivity index (χ4v) is 2.53. The van der Waals surface area contributed by atoms with Gasteiger partial charge in [-0.25, -0.2) is 0 Å². The van der Waals surface area contributed by atoms with Crippen molar-refractivity contribution < 1.29 is 0 Å². The van der Waals surface area contributed by atoms with Crippen molar-refractivity contribution in [2.24, 2.45) is 7.05 Å². The smallest absolute Gasteiger partial charge is 0.0521 e. The highest BCUT2D eigenvalue weighted by atomic mass is 35.5. The van der Waals surface area contributed by atoms with Gasteiger partial charge < -0.3 is 0 Å². The van der Waals surface area contributed by atoms with Gasteiger partial charge in [-0.1, -0.05) is 29.8 Å². The molecule has 2 aromatic rings. The second kappa shape index (κ2) is 6.05. The number of aryl methyl sites for hydroxylation is 3. The summed E-state index contributed by atoms with van der Waals surface area (Å²) in [6, 6.07) is 8.63. The Morgan fingerprint density at radius 2 is 2.22 bits per heavy atom. The normalized spacial score (nSPS) is 12.6. The number of nitrogens with zero attached hydrogens (tertiary/aromatic N) is 2. The maximum atomic E-state index is 6.11. The summed E-state index contributed by atoms with van der Waals surface area (Å²) in [6.45, 7) is 2.12. The minimum Gasteiger partial charge on any atom is -0.276 e. The summed E-state index contributed by atoms with van der Waals surface area (Å²) in [5.41, 5.74) is 3.91. The van der Waals surface area contributed by atoms with E-state index < -0.39 is 0 Å². The number of halogens is 1. The van der Waals surface area contributed by atoms with E-state index in [1.165, 1.54) is 16.7 Å². The Morgan fingerprint density at radius 1 is 1.39 bits per heavy atom. The highest BCUT2D eigenvalue weighted by Crippen LogP contribution is 2.23. The van der Waals surface area contributed by atoms with Gasteiger partial charge >= 0.3 is 0 Å². The molecule has 96 valence electrons. The minimum atomic E-state index is 0.423. The SMILES string of the molecule is Cc1cccc(C(CCl)CCc2cnn(C)c2)c1. The van der Waals surface area contributed by atoms with Crippen molar-refractivity contribution in [3.8, 4) is 0 Å². The first-order chi connectivity index (χ1) is 8.69. The third kappa shape index (κ3) is 3.36. The van der Waals surface area contributed by atoms with Crippen LogP contribution in [-0.2, 0) is 13.5 Å². The summed E-state index contributed by atoms with van der Waals surface area (Å²) in [5.74, 6) is 1.09. The van der Waals surface area contributed by atoms with Crippen molar-refractivity contribution in [1.29, 1.82) is 0 Å². The molecule has 2 rings (SSSR count). The Labute approximate surface area is 114 Å². The first-order valence-electron chi connectivity index (χ1n) is 6.29. The summed E-state index contributed by atoms with van der Waals surface area (Å²) in [6.07, 6.45) is 6.10. The molecule has 0 aliphatic carbocycles. The van der Waals surface area contributed by atoms with Crippen LogP contribution in [0, 0.1) is 6.92 Å². The molecule has 0 aliphatic rings. The van der Waals surface area contributed by atoms with Crippen LogP contribution in [0.25, 0.3) is 0 Å². The molecular formula is C15H19ClN2. The summed E-state index contributed by atoms with van der Waals surface area (Å²) in [4.78, 5) is 0. The molecule has 1 heterocycles. The molecule has 2 nitrogen and oxygen atoms in total. The zero-order valence-electron chi connectivity index (χ0n) is 10.9. The molecule has 0 saturated carbocycles. The molecule has 0 fully saturated rings. The second-order valence-electron chi connectivity index (χ2n) is 4.83. The number of benzene rings is 1. The molecule has 1 aromatic carbocycles. The molecule has 0 radical (unpaired) electrons. The van der Waals surface area contributed by atoms with Crippen molar-refractivity contribution in [3.05, 3.63) is 53.3 Å². The van der Waals surface area contributed by atoms with Crippen LogP contribution < -0.4 is 0 Å². The monoisotopic (exact) mass is 262 g/mol. The summed E-state index contributed by atoms with van der Waals surface area (Å²) in [7, 11) is 1.95. The minimum absolute atomic E-state index is 0.423. The Balaban J connectivity index is 2.01. The third-order valence-corrected chi connectivity index (χ3v) is 3.61. The van der Waals surface area contributed by atoms with Crippen molar-refractivity contribution in [2.75, 3.05) is 5.88 Å². The van der Waals surface area contributed by atoms with E-state index in [0.717, 1.165) is 12.8 Å². The van der Waals surface area contributed by atoms with Crippen LogP contribution in [0.2, 0.25) is 0 Å². The Kier molecular flexibility index (Phi) is 4.43. The van der Waals surface area contributed by atoms with Crippen LogP contribution in [0.3, 0.4) is 0 Å². The first kappa shape index (κ1) is 13.2. The maximum absolute atomic E-state index is 6.11. The zero-order chi connectivity index (χ0) is 13.0. The fraction of sp³-hybridized carbons (Fsp3) is 0.400. The van der Waals surface area contributed by atoms with Gasteiger partial charge in [0.2, 0.25) is 0 Å². The summed E-state index contributed by atoms with van der Waals surface area (Å²) < 4.78 is 1.84. The zero-order valence-corrected chi connectivity index (χ0v) is 11.7. The summed E-state index contributed by atoms with van der Waals surface area (Å²) in [5, 5.41) is 4.19. The summed E-state index contributed by atoms with van der Waals surface area (Å²) >= 11 is 6.11. The topological polar surface area (TPSA) is 17.8 Å². The van der Waals surface area contributed by atoms with E-state index in [1.807, 2.05) is 17.9 Å². The third-order valence-electron chi connectivity index (χ3n) is 3.24. The van der Waals surface area contributed by atoms with E-state index in [2.05, 4.69) is 42.5 Å². The molecule has 18 heavy (non-hydrogen) atoms. The second-order valence-corrected chi connectivity index (χ2v) is 5.13. The van der Waals surface area contributed by atoms with E-state index in [9.17, 15) is 0 Å². The largest absolute Gasteiger partial charge is 0.276 e. The van der Waals surface area contributed by atoms with Crippen molar-refractivity contribution in [3.63, 3.8) is 0 Å². The van der Waals surface area contributed by atoms with Gasteiger partial charge in [0, 0.05) is 19.1 Å². The standard InChI is InChI=1S/C15H19ClN2/c1-12-4-3-5-14(8-12)15(9-16)7-6-13-10-17-18(2)11-13/h3-5,8,10-11,15H,6-7,9H2,1-2H3. The van der Waals surface area contributed by atoms with Crippen molar-refractivity contribution in [1.82, 2.24) is 9.78 Å². The van der Waals surface area contributed by atoms with E-state index in [-0.39, 0.29) is 0 Å². The first-order valence-corrected chi connectivity index (χ1v) is 6.82. The Bertz CT molecular complexity index is 505. The molecule has 0 N–H and O–H groups in total. The van der Waals surface area contributed by atoms with Crippen molar-refractivity contribution in [2.45, 2.75) is 25.7 Å². The molecule has 0 saturated heterocycles. The van der Waals surface area contributed by atoms with E-state index in [1.54, 1.807) is 0 Å². The van der Waals surface area contributed by atoms with Crippen LogP contribution in [-0.4, -0.2) is 15.7 Å². The lowest BCUT2D eigenvalue weighted by Crippen LogP contribution is -2.02. The van der Waals surface area contributed by atoms with Crippen LogP contribution in [0.4, 0.5) is 0 Å². The van der Waals surface area contributed by atoms with Gasteiger partial charge in [-0.2, -0.15) is 5.10 Å². The molecule has 0 amide bonds. The number of hydrogen-bond acceptors (Lipinski definition) is 1. The van der Waals surface area contributed by atoms with Crippen molar-refractivity contribution >= 4 is 11.6 Å². The molecule has 1 unspecified atom stereocenters. The Morgan fingerprint density at radius 3 is 2.83 bits per heavy atom. The van der Waals surface area contributed by atoms with Gasteiger partial charge in [-0.15, -0.1) is 11.6 Å². The van der Waals surface area contributed by atoms with Crippen LogP contribution in [0.1, 0.15) is 29.0 Å². The van der Waals surface area contributed by atoms with E-state index in [0.29, 0.717) is 11.8 Å². The van der Waals surface area contributed by atoms with Gasteiger partial charge in [-0.3, -0.25) is 4.68 Å². The molecule has 3 heteroatoms. The number of aromatic nitrogens is 2. The molecule has 1 atom stereocenters. The van der Waals surface area contributed by atoms with Gasteiger partial charge in [0.25, 0.3) is 0 Å². The molecular weight excluding hydrogens is 244 g/mol. The highest BCUT2D eigenvalue weighted by molar-refractivity contribution is 6.18. The number of hydrogen-bond donors (Lipinski definition) is 0. The molecule has 0 spiro atoms. The van der Waals surface area contributed by atoms with Crippen LogP contribution >= 0.6 is 11.6 Å². The van der Waals surface area contributed by atoms with Crippen LogP contribution in [0.5, 0.6) is 0 Å². The lowest BCUT2D eigenvalue weighted by molar-refractivity contribution is 0.684. The quantitative estimate of drug-likeness (QED) is 0.752. The predicted molar refractivity (Wildman–Crippen MR) is 76.2 cm³/mol.